The van der Waals surface area contributed by atoms with Crippen molar-refractivity contribution in [3.05, 3.63) is 58.6 Å². The standard InChI is InChI=1S/C18H20ClN5O2/c1-3-24-18(21-22-23-24)20-11-14-9-15(19)10-16(25-2)17(14)26-12-13-7-5-4-6-8-13/h4-10H,3,11-12H2,1-2H3,(H,20,21,23). The molecule has 0 amide bonds. The van der Waals surface area contributed by atoms with Crippen LogP contribution in [-0.4, -0.2) is 27.3 Å². The van der Waals surface area contributed by atoms with E-state index in [1.807, 2.05) is 43.3 Å². The van der Waals surface area contributed by atoms with Gasteiger partial charge in [-0.15, -0.1) is 0 Å². The molecule has 0 radical (unpaired) electrons. The minimum atomic E-state index is 0.429. The summed E-state index contributed by atoms with van der Waals surface area (Å²) >= 11 is 6.23. The van der Waals surface area contributed by atoms with Crippen molar-refractivity contribution in [2.45, 2.75) is 26.6 Å². The van der Waals surface area contributed by atoms with Crippen LogP contribution in [0.15, 0.2) is 42.5 Å². The van der Waals surface area contributed by atoms with Gasteiger partial charge in [-0.1, -0.05) is 47.0 Å². The second-order valence-corrected chi connectivity index (χ2v) is 5.98. The fraction of sp³-hybridized carbons (Fsp3) is 0.278. The fourth-order valence-corrected chi connectivity index (χ4v) is 2.75. The lowest BCUT2D eigenvalue weighted by atomic mass is 10.1. The molecule has 0 atom stereocenters. The molecule has 2 aromatic carbocycles. The molecule has 3 rings (SSSR count). The topological polar surface area (TPSA) is 74.1 Å². The first-order chi connectivity index (χ1) is 12.7. The van der Waals surface area contributed by atoms with Crippen molar-refractivity contribution >= 4 is 17.5 Å². The van der Waals surface area contributed by atoms with E-state index in [9.17, 15) is 0 Å². The van der Waals surface area contributed by atoms with Crippen molar-refractivity contribution < 1.29 is 9.47 Å². The number of tetrazole rings is 1. The highest BCUT2D eigenvalue weighted by atomic mass is 35.5. The molecule has 7 nitrogen and oxygen atoms in total. The second kappa shape index (κ2) is 8.53. The number of methoxy groups -OCH3 is 1. The van der Waals surface area contributed by atoms with E-state index < -0.39 is 0 Å². The number of nitrogens with one attached hydrogen (secondary N) is 1. The minimum absolute atomic E-state index is 0.429. The number of aromatic nitrogens is 4. The van der Waals surface area contributed by atoms with Crippen molar-refractivity contribution in [3.63, 3.8) is 0 Å². The van der Waals surface area contributed by atoms with Gasteiger partial charge in [0.15, 0.2) is 11.5 Å². The van der Waals surface area contributed by atoms with Gasteiger partial charge in [0.1, 0.15) is 6.61 Å². The summed E-state index contributed by atoms with van der Waals surface area (Å²) in [5.41, 5.74) is 1.93. The van der Waals surface area contributed by atoms with Gasteiger partial charge in [-0.3, -0.25) is 0 Å². The number of hydrogen-bond acceptors (Lipinski definition) is 6. The zero-order chi connectivity index (χ0) is 18.4. The molecule has 3 aromatic rings. The second-order valence-electron chi connectivity index (χ2n) is 5.54. The summed E-state index contributed by atoms with van der Waals surface area (Å²) in [7, 11) is 1.59. The molecule has 26 heavy (non-hydrogen) atoms. The van der Waals surface area contributed by atoms with E-state index in [0.29, 0.717) is 42.2 Å². The molecule has 0 fully saturated rings. The fourth-order valence-electron chi connectivity index (χ4n) is 2.52. The molecule has 0 saturated heterocycles. The summed E-state index contributed by atoms with van der Waals surface area (Å²) in [5, 5.41) is 15.3. The number of hydrogen-bond donors (Lipinski definition) is 1. The molecule has 1 N–H and O–H groups in total. The highest BCUT2D eigenvalue weighted by Gasteiger charge is 2.14. The molecule has 0 saturated carbocycles. The first-order valence-corrected chi connectivity index (χ1v) is 8.62. The Morgan fingerprint density at radius 2 is 2.00 bits per heavy atom. The summed E-state index contributed by atoms with van der Waals surface area (Å²) < 4.78 is 13.2. The van der Waals surface area contributed by atoms with E-state index >= 15 is 0 Å². The van der Waals surface area contributed by atoms with Gasteiger partial charge < -0.3 is 14.8 Å². The van der Waals surface area contributed by atoms with Crippen LogP contribution in [0.25, 0.3) is 0 Å². The van der Waals surface area contributed by atoms with Gasteiger partial charge in [-0.2, -0.15) is 0 Å². The lowest BCUT2D eigenvalue weighted by Gasteiger charge is -2.16. The molecule has 0 aliphatic heterocycles. The normalized spacial score (nSPS) is 10.6. The number of anilines is 1. The average Bonchev–Trinajstić information content (AvgIpc) is 3.13. The van der Waals surface area contributed by atoms with Crippen molar-refractivity contribution in [1.82, 2.24) is 20.2 Å². The molecular weight excluding hydrogens is 354 g/mol. The van der Waals surface area contributed by atoms with Gasteiger partial charge in [0.2, 0.25) is 5.95 Å². The third-order valence-electron chi connectivity index (χ3n) is 3.81. The number of ether oxygens (including phenoxy) is 2. The van der Waals surface area contributed by atoms with Crippen LogP contribution in [0.2, 0.25) is 5.02 Å². The quantitative estimate of drug-likeness (QED) is 0.651. The number of aryl methyl sites for hydroxylation is 1. The van der Waals surface area contributed by atoms with Gasteiger partial charge in [-0.25, -0.2) is 4.68 Å². The largest absolute Gasteiger partial charge is 0.493 e. The third kappa shape index (κ3) is 4.23. The Hall–Kier alpha value is -2.80. The number of benzene rings is 2. The van der Waals surface area contributed by atoms with E-state index in [-0.39, 0.29) is 0 Å². The lowest BCUT2D eigenvalue weighted by molar-refractivity contribution is 0.281. The van der Waals surface area contributed by atoms with Crippen LogP contribution < -0.4 is 14.8 Å². The molecule has 0 spiro atoms. The number of rotatable bonds is 8. The van der Waals surface area contributed by atoms with E-state index in [2.05, 4.69) is 20.8 Å². The van der Waals surface area contributed by atoms with Crippen LogP contribution in [0, 0.1) is 0 Å². The Labute approximate surface area is 156 Å². The maximum Gasteiger partial charge on any atom is 0.243 e. The van der Waals surface area contributed by atoms with Crippen LogP contribution in [0.3, 0.4) is 0 Å². The summed E-state index contributed by atoms with van der Waals surface area (Å²) in [5.74, 6) is 1.81. The van der Waals surface area contributed by atoms with E-state index in [1.165, 1.54) is 0 Å². The van der Waals surface area contributed by atoms with Crippen molar-refractivity contribution in [2.24, 2.45) is 0 Å². The predicted molar refractivity (Wildman–Crippen MR) is 99.6 cm³/mol. The molecule has 0 unspecified atom stereocenters. The van der Waals surface area contributed by atoms with Gasteiger partial charge in [0.05, 0.1) is 7.11 Å². The SMILES string of the molecule is CCn1nnnc1NCc1cc(Cl)cc(OC)c1OCc1ccccc1. The lowest BCUT2D eigenvalue weighted by Crippen LogP contribution is -2.09. The van der Waals surface area contributed by atoms with E-state index in [0.717, 1.165) is 11.1 Å². The Bertz CT molecular complexity index is 854. The van der Waals surface area contributed by atoms with Crippen LogP contribution >= 0.6 is 11.6 Å². The maximum atomic E-state index is 6.23. The van der Waals surface area contributed by atoms with E-state index in [4.69, 9.17) is 21.1 Å². The van der Waals surface area contributed by atoms with Crippen molar-refractivity contribution in [2.75, 3.05) is 12.4 Å². The molecule has 1 heterocycles. The highest BCUT2D eigenvalue weighted by Crippen LogP contribution is 2.35. The maximum absolute atomic E-state index is 6.23. The molecule has 8 heteroatoms. The Kier molecular flexibility index (Phi) is 5.91. The predicted octanol–water partition coefficient (Wildman–Crippen LogP) is 3.55. The Morgan fingerprint density at radius 3 is 2.73 bits per heavy atom. The van der Waals surface area contributed by atoms with Gasteiger partial charge >= 0.3 is 0 Å². The molecule has 0 aliphatic carbocycles. The third-order valence-corrected chi connectivity index (χ3v) is 4.03. The summed E-state index contributed by atoms with van der Waals surface area (Å²) in [6.07, 6.45) is 0. The smallest absolute Gasteiger partial charge is 0.243 e. The highest BCUT2D eigenvalue weighted by molar-refractivity contribution is 6.30. The van der Waals surface area contributed by atoms with Crippen molar-refractivity contribution in [3.8, 4) is 11.5 Å². The van der Waals surface area contributed by atoms with Crippen LogP contribution in [-0.2, 0) is 19.7 Å². The molecule has 1 aromatic heterocycles. The van der Waals surface area contributed by atoms with Crippen LogP contribution in [0.5, 0.6) is 11.5 Å². The first-order valence-electron chi connectivity index (χ1n) is 8.24. The average molecular weight is 374 g/mol. The monoisotopic (exact) mass is 373 g/mol. The van der Waals surface area contributed by atoms with Crippen molar-refractivity contribution in [1.29, 1.82) is 0 Å². The van der Waals surface area contributed by atoms with Gasteiger partial charge in [-0.05, 0) is 29.0 Å². The van der Waals surface area contributed by atoms with Gasteiger partial charge in [0.25, 0.3) is 0 Å². The number of nitrogens with zero attached hydrogens (tertiary/aromatic N) is 4. The van der Waals surface area contributed by atoms with Crippen LogP contribution in [0.1, 0.15) is 18.1 Å². The minimum Gasteiger partial charge on any atom is -0.493 e. The first kappa shape index (κ1) is 18.0. The number of halogens is 1. The van der Waals surface area contributed by atoms with E-state index in [1.54, 1.807) is 17.9 Å². The Balaban J connectivity index is 1.82. The summed E-state index contributed by atoms with van der Waals surface area (Å²) in [4.78, 5) is 0. The zero-order valence-corrected chi connectivity index (χ0v) is 15.4. The molecule has 0 bridgehead atoms. The molecule has 136 valence electrons. The van der Waals surface area contributed by atoms with Crippen LogP contribution in [0.4, 0.5) is 5.95 Å². The summed E-state index contributed by atoms with van der Waals surface area (Å²) in [6, 6.07) is 13.5. The Morgan fingerprint density at radius 1 is 1.19 bits per heavy atom. The zero-order valence-electron chi connectivity index (χ0n) is 14.6. The van der Waals surface area contributed by atoms with Gasteiger partial charge in [0, 0.05) is 29.7 Å². The summed E-state index contributed by atoms with van der Waals surface area (Å²) in [6.45, 7) is 3.52. The molecular formula is C18H20ClN5O2. The molecule has 0 aliphatic rings.